The van der Waals surface area contributed by atoms with E-state index in [-0.39, 0.29) is 11.9 Å². The van der Waals surface area contributed by atoms with Crippen molar-refractivity contribution >= 4 is 5.97 Å². The van der Waals surface area contributed by atoms with Crippen molar-refractivity contribution in [2.24, 2.45) is 17.8 Å². The Morgan fingerprint density at radius 2 is 2.00 bits per heavy atom. The SMILES string of the molecule is CC.COC(=O)C1CCC2CC21. The van der Waals surface area contributed by atoms with Gasteiger partial charge in [-0.05, 0) is 31.1 Å². The first-order chi connectivity index (χ1) is 5.83. The Labute approximate surface area is 74.3 Å². The first kappa shape index (κ1) is 9.56. The third kappa shape index (κ3) is 1.62. The summed E-state index contributed by atoms with van der Waals surface area (Å²) in [6, 6.07) is 0. The average molecular weight is 170 g/mol. The molecule has 0 aromatic heterocycles. The van der Waals surface area contributed by atoms with Gasteiger partial charge in [-0.15, -0.1) is 0 Å². The second-order valence-corrected chi connectivity index (χ2v) is 3.37. The lowest BCUT2D eigenvalue weighted by Crippen LogP contribution is -2.15. The van der Waals surface area contributed by atoms with Crippen LogP contribution in [0.25, 0.3) is 0 Å². The molecule has 0 radical (unpaired) electrons. The van der Waals surface area contributed by atoms with Crippen LogP contribution in [0.3, 0.4) is 0 Å². The summed E-state index contributed by atoms with van der Waals surface area (Å²) in [5, 5.41) is 0. The van der Waals surface area contributed by atoms with Gasteiger partial charge in [0.05, 0.1) is 13.0 Å². The highest BCUT2D eigenvalue weighted by atomic mass is 16.5. The topological polar surface area (TPSA) is 26.3 Å². The summed E-state index contributed by atoms with van der Waals surface area (Å²) in [7, 11) is 1.48. The highest BCUT2D eigenvalue weighted by Gasteiger charge is 2.51. The molecule has 70 valence electrons. The lowest BCUT2D eigenvalue weighted by Gasteiger charge is -2.06. The van der Waals surface area contributed by atoms with Crippen LogP contribution >= 0.6 is 0 Å². The van der Waals surface area contributed by atoms with Crippen molar-refractivity contribution in [3.63, 3.8) is 0 Å². The van der Waals surface area contributed by atoms with Gasteiger partial charge in [0.2, 0.25) is 0 Å². The minimum absolute atomic E-state index is 0.0185. The van der Waals surface area contributed by atoms with Crippen LogP contribution in [-0.2, 0) is 9.53 Å². The van der Waals surface area contributed by atoms with Gasteiger partial charge in [-0.1, -0.05) is 13.8 Å². The summed E-state index contributed by atoms with van der Waals surface area (Å²) >= 11 is 0. The number of esters is 1. The Morgan fingerprint density at radius 1 is 1.33 bits per heavy atom. The molecule has 3 atom stereocenters. The second kappa shape index (κ2) is 3.92. The van der Waals surface area contributed by atoms with Crippen LogP contribution in [0.4, 0.5) is 0 Å². The van der Waals surface area contributed by atoms with Gasteiger partial charge in [0.15, 0.2) is 0 Å². The zero-order chi connectivity index (χ0) is 9.14. The number of fused-ring (bicyclic) bond motifs is 1. The van der Waals surface area contributed by atoms with E-state index in [0.29, 0.717) is 5.92 Å². The molecule has 2 rings (SSSR count). The number of carbonyl (C=O) groups is 1. The van der Waals surface area contributed by atoms with Crippen molar-refractivity contribution in [2.75, 3.05) is 7.11 Å². The van der Waals surface area contributed by atoms with Gasteiger partial charge in [-0.25, -0.2) is 0 Å². The average Bonchev–Trinajstić information content (AvgIpc) is 2.80. The number of hydrogen-bond acceptors (Lipinski definition) is 2. The van der Waals surface area contributed by atoms with Gasteiger partial charge in [0.1, 0.15) is 0 Å². The van der Waals surface area contributed by atoms with Gasteiger partial charge < -0.3 is 4.74 Å². The Hall–Kier alpha value is -0.530. The van der Waals surface area contributed by atoms with Gasteiger partial charge >= 0.3 is 5.97 Å². The summed E-state index contributed by atoms with van der Waals surface area (Å²) in [6.07, 6.45) is 3.60. The van der Waals surface area contributed by atoms with Crippen molar-refractivity contribution in [1.29, 1.82) is 0 Å². The summed E-state index contributed by atoms with van der Waals surface area (Å²) in [5.74, 6) is 1.86. The molecule has 0 saturated heterocycles. The third-order valence-corrected chi connectivity index (χ3v) is 2.85. The van der Waals surface area contributed by atoms with Crippen molar-refractivity contribution in [2.45, 2.75) is 33.1 Å². The van der Waals surface area contributed by atoms with Crippen molar-refractivity contribution in [3.8, 4) is 0 Å². The second-order valence-electron chi connectivity index (χ2n) is 3.37. The Balaban J connectivity index is 0.000000336. The number of hydrogen-bond donors (Lipinski definition) is 0. The zero-order valence-electron chi connectivity index (χ0n) is 8.17. The van der Waals surface area contributed by atoms with Crippen LogP contribution < -0.4 is 0 Å². The highest BCUT2D eigenvalue weighted by Crippen LogP contribution is 2.55. The van der Waals surface area contributed by atoms with E-state index in [1.54, 1.807) is 0 Å². The molecule has 2 aliphatic carbocycles. The highest BCUT2D eigenvalue weighted by molar-refractivity contribution is 5.73. The Morgan fingerprint density at radius 3 is 2.33 bits per heavy atom. The number of carbonyl (C=O) groups excluding carboxylic acids is 1. The molecular formula is C10H18O2. The van der Waals surface area contributed by atoms with E-state index < -0.39 is 0 Å². The van der Waals surface area contributed by atoms with Crippen LogP contribution in [0, 0.1) is 17.8 Å². The van der Waals surface area contributed by atoms with Crippen molar-refractivity contribution in [3.05, 3.63) is 0 Å². The van der Waals surface area contributed by atoms with E-state index in [0.717, 1.165) is 12.3 Å². The molecule has 0 N–H and O–H groups in total. The van der Waals surface area contributed by atoms with Gasteiger partial charge in [-0.2, -0.15) is 0 Å². The molecule has 2 nitrogen and oxygen atoms in total. The van der Waals surface area contributed by atoms with E-state index in [4.69, 9.17) is 4.74 Å². The molecular weight excluding hydrogens is 152 g/mol. The summed E-state index contributed by atoms with van der Waals surface area (Å²) in [6.45, 7) is 4.00. The predicted molar refractivity (Wildman–Crippen MR) is 47.7 cm³/mol. The molecule has 0 aromatic carbocycles. The molecule has 0 aromatic rings. The lowest BCUT2D eigenvalue weighted by molar-refractivity contribution is -0.145. The number of rotatable bonds is 1. The Kier molecular flexibility index (Phi) is 3.12. The molecule has 0 bridgehead atoms. The number of methoxy groups -OCH3 is 1. The van der Waals surface area contributed by atoms with Crippen LogP contribution in [0.1, 0.15) is 33.1 Å². The maximum Gasteiger partial charge on any atom is 0.308 e. The van der Waals surface area contributed by atoms with Crippen molar-refractivity contribution < 1.29 is 9.53 Å². The number of ether oxygens (including phenoxy) is 1. The molecule has 2 saturated carbocycles. The van der Waals surface area contributed by atoms with E-state index in [1.165, 1.54) is 20.0 Å². The van der Waals surface area contributed by atoms with Crippen LogP contribution in [0.5, 0.6) is 0 Å². The molecule has 0 spiro atoms. The fraction of sp³-hybridized carbons (Fsp3) is 0.900. The van der Waals surface area contributed by atoms with Gasteiger partial charge in [0.25, 0.3) is 0 Å². The summed E-state index contributed by atoms with van der Waals surface area (Å²) in [4.78, 5) is 11.0. The minimum atomic E-state index is 0.0185. The molecule has 0 amide bonds. The van der Waals surface area contributed by atoms with Crippen molar-refractivity contribution in [1.82, 2.24) is 0 Å². The molecule has 2 heteroatoms. The van der Waals surface area contributed by atoms with Gasteiger partial charge in [-0.3, -0.25) is 4.79 Å². The molecule has 12 heavy (non-hydrogen) atoms. The van der Waals surface area contributed by atoms with E-state index in [9.17, 15) is 4.79 Å². The van der Waals surface area contributed by atoms with Crippen LogP contribution in [0.2, 0.25) is 0 Å². The zero-order valence-corrected chi connectivity index (χ0v) is 8.17. The van der Waals surface area contributed by atoms with E-state index in [2.05, 4.69) is 0 Å². The summed E-state index contributed by atoms with van der Waals surface area (Å²) in [5.41, 5.74) is 0. The fourth-order valence-corrected chi connectivity index (χ4v) is 2.15. The normalized spacial score (nSPS) is 36.1. The fourth-order valence-electron chi connectivity index (χ4n) is 2.15. The maximum atomic E-state index is 11.0. The molecule has 2 fully saturated rings. The minimum Gasteiger partial charge on any atom is -0.469 e. The third-order valence-electron chi connectivity index (χ3n) is 2.85. The molecule has 0 heterocycles. The first-order valence-corrected chi connectivity index (χ1v) is 4.90. The van der Waals surface area contributed by atoms with Crippen LogP contribution in [-0.4, -0.2) is 13.1 Å². The van der Waals surface area contributed by atoms with Gasteiger partial charge in [0, 0.05) is 0 Å². The monoisotopic (exact) mass is 170 g/mol. The standard InChI is InChI=1S/C8H12O2.C2H6/c1-10-8(9)6-3-2-5-4-7(5)6;1-2/h5-7H,2-4H2,1H3;1-2H3. The Bertz CT molecular complexity index is 165. The van der Waals surface area contributed by atoms with Crippen LogP contribution in [0.15, 0.2) is 0 Å². The predicted octanol–water partition coefficient (Wildman–Crippen LogP) is 2.23. The van der Waals surface area contributed by atoms with E-state index >= 15 is 0 Å². The first-order valence-electron chi connectivity index (χ1n) is 4.90. The quantitative estimate of drug-likeness (QED) is 0.564. The molecule has 0 aliphatic heterocycles. The van der Waals surface area contributed by atoms with E-state index in [1.807, 2.05) is 13.8 Å². The molecule has 3 unspecified atom stereocenters. The smallest absolute Gasteiger partial charge is 0.308 e. The molecule has 2 aliphatic rings. The lowest BCUT2D eigenvalue weighted by atomic mass is 10.0. The summed E-state index contributed by atoms with van der Waals surface area (Å²) < 4.78 is 4.69. The largest absolute Gasteiger partial charge is 0.469 e. The maximum absolute atomic E-state index is 11.0.